The quantitative estimate of drug-likeness (QED) is 0.603. The molecule has 0 bridgehead atoms. The molecule has 1 heterocycles. The maximum absolute atomic E-state index is 12.5. The maximum Gasteiger partial charge on any atom is 0.416 e. The molecule has 2 rings (SSSR count). The van der Waals surface area contributed by atoms with Crippen LogP contribution in [-0.4, -0.2) is 0 Å². The van der Waals surface area contributed by atoms with Crippen molar-refractivity contribution in [3.8, 4) is 0 Å². The van der Waals surface area contributed by atoms with Crippen molar-refractivity contribution < 1.29 is 17.9 Å². The summed E-state index contributed by atoms with van der Waals surface area (Å²) >= 11 is 0. The van der Waals surface area contributed by atoms with E-state index in [4.69, 9.17) is 0 Å². The van der Waals surface area contributed by atoms with E-state index in [1.54, 1.807) is 24.3 Å². The van der Waals surface area contributed by atoms with E-state index in [-0.39, 0.29) is 0 Å². The van der Waals surface area contributed by atoms with E-state index in [1.165, 1.54) is 24.4 Å². The number of rotatable bonds is 2. The third-order valence-electron chi connectivity index (χ3n) is 2.51. The first-order valence-corrected chi connectivity index (χ1v) is 5.50. The molecule has 5 heteroatoms. The van der Waals surface area contributed by atoms with Gasteiger partial charge in [-0.1, -0.05) is 12.1 Å². The topological polar surface area (TPSA) is 26.9 Å². The van der Waals surface area contributed by atoms with Crippen molar-refractivity contribution in [3.05, 3.63) is 70.7 Å². The average Bonchev–Trinajstić information content (AvgIpc) is 2.37. The van der Waals surface area contributed by atoms with Crippen LogP contribution in [0.25, 0.3) is 12.2 Å². The second-order valence-electron chi connectivity index (χ2n) is 3.91. The Labute approximate surface area is 108 Å². The Balaban J connectivity index is 2.27. The Morgan fingerprint density at radius 1 is 1.00 bits per heavy atom. The largest absolute Gasteiger partial charge is 0.618 e. The highest BCUT2D eigenvalue weighted by atomic mass is 19.4. The van der Waals surface area contributed by atoms with Gasteiger partial charge < -0.3 is 5.21 Å². The number of pyridine rings is 1. The molecule has 0 radical (unpaired) electrons. The summed E-state index contributed by atoms with van der Waals surface area (Å²) in [6.45, 7) is 0. The highest BCUT2D eigenvalue weighted by Crippen LogP contribution is 2.29. The monoisotopic (exact) mass is 265 g/mol. The molecule has 1 aromatic heterocycles. The van der Waals surface area contributed by atoms with Crippen molar-refractivity contribution in [2.75, 3.05) is 0 Å². The first-order chi connectivity index (χ1) is 8.97. The van der Waals surface area contributed by atoms with Gasteiger partial charge in [0, 0.05) is 18.2 Å². The number of hydrogen-bond acceptors (Lipinski definition) is 1. The van der Waals surface area contributed by atoms with Gasteiger partial charge in [0.2, 0.25) is 5.69 Å². The molecular formula is C14H10F3NO. The molecule has 19 heavy (non-hydrogen) atoms. The molecule has 0 atom stereocenters. The fraction of sp³-hybridized carbons (Fsp3) is 0.0714. The van der Waals surface area contributed by atoms with Crippen LogP contribution in [0.15, 0.2) is 48.7 Å². The van der Waals surface area contributed by atoms with Crippen molar-refractivity contribution in [1.82, 2.24) is 0 Å². The summed E-state index contributed by atoms with van der Waals surface area (Å²) in [5.74, 6) is 0. The molecule has 98 valence electrons. The fourth-order valence-electron chi connectivity index (χ4n) is 1.57. The van der Waals surface area contributed by atoms with Crippen LogP contribution < -0.4 is 4.73 Å². The number of alkyl halides is 3. The van der Waals surface area contributed by atoms with E-state index in [2.05, 4.69) is 0 Å². The van der Waals surface area contributed by atoms with E-state index in [0.29, 0.717) is 16.0 Å². The molecule has 0 saturated heterocycles. The molecule has 0 fully saturated rings. The highest BCUT2D eigenvalue weighted by Gasteiger charge is 2.30. The van der Waals surface area contributed by atoms with Crippen molar-refractivity contribution in [3.63, 3.8) is 0 Å². The minimum absolute atomic E-state index is 0.361. The summed E-state index contributed by atoms with van der Waals surface area (Å²) in [4.78, 5) is 0. The van der Waals surface area contributed by atoms with Crippen LogP contribution in [-0.2, 0) is 6.18 Å². The molecule has 0 saturated carbocycles. The van der Waals surface area contributed by atoms with Gasteiger partial charge in [-0.15, -0.1) is 0 Å². The molecule has 0 aliphatic heterocycles. The highest BCUT2D eigenvalue weighted by molar-refractivity contribution is 5.67. The Bertz CT molecular complexity index is 606. The molecule has 0 amide bonds. The van der Waals surface area contributed by atoms with Crippen molar-refractivity contribution in [2.45, 2.75) is 6.18 Å². The number of hydrogen-bond donors (Lipinski definition) is 0. The number of aromatic nitrogens is 1. The van der Waals surface area contributed by atoms with Crippen LogP contribution in [0.5, 0.6) is 0 Å². The van der Waals surface area contributed by atoms with Crippen LogP contribution in [0, 0.1) is 5.21 Å². The molecule has 2 nitrogen and oxygen atoms in total. The summed E-state index contributed by atoms with van der Waals surface area (Å²) < 4.78 is 38.2. The van der Waals surface area contributed by atoms with Crippen LogP contribution >= 0.6 is 0 Å². The lowest BCUT2D eigenvalue weighted by atomic mass is 10.1. The van der Waals surface area contributed by atoms with Gasteiger partial charge in [-0.3, -0.25) is 0 Å². The second-order valence-corrected chi connectivity index (χ2v) is 3.91. The minimum Gasteiger partial charge on any atom is -0.618 e. The lowest BCUT2D eigenvalue weighted by Crippen LogP contribution is -2.28. The zero-order valence-electron chi connectivity index (χ0n) is 9.76. The van der Waals surface area contributed by atoms with Crippen LogP contribution in [0.4, 0.5) is 13.2 Å². The molecule has 0 N–H and O–H groups in total. The van der Waals surface area contributed by atoms with Gasteiger partial charge in [-0.2, -0.15) is 17.9 Å². The summed E-state index contributed by atoms with van der Waals surface area (Å²) in [5, 5.41) is 11.4. The van der Waals surface area contributed by atoms with Crippen molar-refractivity contribution >= 4 is 12.2 Å². The van der Waals surface area contributed by atoms with Crippen molar-refractivity contribution in [2.24, 2.45) is 0 Å². The normalized spacial score (nSPS) is 11.9. The Morgan fingerprint density at radius 3 is 2.47 bits per heavy atom. The lowest BCUT2D eigenvalue weighted by molar-refractivity contribution is -0.607. The second kappa shape index (κ2) is 5.14. The van der Waals surface area contributed by atoms with Gasteiger partial charge in [0.05, 0.1) is 5.56 Å². The SMILES string of the molecule is [O-][n+]1ccccc1C=Cc1cccc(C(F)(F)F)c1. The van der Waals surface area contributed by atoms with Crippen LogP contribution in [0.3, 0.4) is 0 Å². The summed E-state index contributed by atoms with van der Waals surface area (Å²) in [6, 6.07) is 9.76. The van der Waals surface area contributed by atoms with Crippen molar-refractivity contribution in [1.29, 1.82) is 0 Å². The van der Waals surface area contributed by atoms with E-state index < -0.39 is 11.7 Å². The third kappa shape index (κ3) is 3.34. The van der Waals surface area contributed by atoms with Gasteiger partial charge in [-0.25, -0.2) is 0 Å². The Hall–Kier alpha value is -2.30. The molecule has 1 aromatic carbocycles. The van der Waals surface area contributed by atoms with Gasteiger partial charge in [0.15, 0.2) is 6.20 Å². The Kier molecular flexibility index (Phi) is 3.55. The summed E-state index contributed by atoms with van der Waals surface area (Å²) in [5.41, 5.74) is 0.0382. The zero-order valence-corrected chi connectivity index (χ0v) is 9.76. The first kappa shape index (κ1) is 13.1. The van der Waals surface area contributed by atoms with E-state index in [1.807, 2.05) is 0 Å². The number of halogens is 3. The van der Waals surface area contributed by atoms with Gasteiger partial charge in [-0.05, 0) is 29.8 Å². The number of nitrogens with zero attached hydrogens (tertiary/aromatic N) is 1. The Morgan fingerprint density at radius 2 is 1.79 bits per heavy atom. The zero-order chi connectivity index (χ0) is 13.9. The molecule has 2 aromatic rings. The lowest BCUT2D eigenvalue weighted by Gasteiger charge is -2.06. The fourth-order valence-corrected chi connectivity index (χ4v) is 1.57. The molecule has 0 spiro atoms. The van der Waals surface area contributed by atoms with Gasteiger partial charge in [0.1, 0.15) is 0 Å². The molecule has 0 aliphatic rings. The molecule has 0 aliphatic carbocycles. The van der Waals surface area contributed by atoms with E-state index >= 15 is 0 Å². The first-order valence-electron chi connectivity index (χ1n) is 5.50. The summed E-state index contributed by atoms with van der Waals surface area (Å²) in [6.07, 6.45) is -0.0949. The number of benzene rings is 1. The summed E-state index contributed by atoms with van der Waals surface area (Å²) in [7, 11) is 0. The van der Waals surface area contributed by atoms with E-state index in [0.717, 1.165) is 12.1 Å². The minimum atomic E-state index is -4.37. The predicted octanol–water partition coefficient (Wildman–Crippen LogP) is 3.51. The molecule has 0 unspecified atom stereocenters. The average molecular weight is 265 g/mol. The maximum atomic E-state index is 12.5. The van der Waals surface area contributed by atoms with Crippen LogP contribution in [0.1, 0.15) is 16.8 Å². The third-order valence-corrected chi connectivity index (χ3v) is 2.51. The molecular weight excluding hydrogens is 255 g/mol. The van der Waals surface area contributed by atoms with E-state index in [9.17, 15) is 18.4 Å². The van der Waals surface area contributed by atoms with Gasteiger partial charge >= 0.3 is 6.18 Å². The van der Waals surface area contributed by atoms with Crippen LogP contribution in [0.2, 0.25) is 0 Å². The smallest absolute Gasteiger partial charge is 0.416 e. The standard InChI is InChI=1S/C14H10F3NO/c15-14(16,17)12-5-3-4-11(10-12)7-8-13-6-1-2-9-18(13)19/h1-10H. The van der Waals surface area contributed by atoms with Gasteiger partial charge in [0.25, 0.3) is 0 Å². The predicted molar refractivity (Wildman–Crippen MR) is 65.8 cm³/mol.